The van der Waals surface area contributed by atoms with Crippen LogP contribution in [0, 0.1) is 0 Å². The second kappa shape index (κ2) is 4.95. The van der Waals surface area contributed by atoms with Crippen LogP contribution in [0.5, 0.6) is 0 Å². The normalized spacial score (nSPS) is 13.4. The van der Waals surface area contributed by atoms with Gasteiger partial charge in [-0.05, 0) is 27.8 Å². The standard InChI is InChI=1S/C9H18N2O3/c1-9(2,3)14-7(12)5-6(11-4)8(10)13/h6,11H,5H2,1-4H3,(H2,10,13)/t6-/m1/s1. The van der Waals surface area contributed by atoms with Crippen LogP contribution < -0.4 is 11.1 Å². The van der Waals surface area contributed by atoms with Gasteiger partial charge in [0.2, 0.25) is 5.91 Å². The molecule has 5 heteroatoms. The molecule has 82 valence electrons. The molecule has 0 aromatic carbocycles. The van der Waals surface area contributed by atoms with Crippen molar-refractivity contribution in [2.24, 2.45) is 5.73 Å². The van der Waals surface area contributed by atoms with Crippen LogP contribution in [0.4, 0.5) is 0 Å². The van der Waals surface area contributed by atoms with Gasteiger partial charge in [0, 0.05) is 0 Å². The van der Waals surface area contributed by atoms with Gasteiger partial charge in [-0.15, -0.1) is 0 Å². The van der Waals surface area contributed by atoms with E-state index in [9.17, 15) is 9.59 Å². The average molecular weight is 202 g/mol. The number of rotatable bonds is 4. The highest BCUT2D eigenvalue weighted by molar-refractivity contribution is 5.85. The molecule has 0 aliphatic heterocycles. The lowest BCUT2D eigenvalue weighted by atomic mass is 10.1. The van der Waals surface area contributed by atoms with Crippen LogP contribution in [-0.2, 0) is 14.3 Å². The summed E-state index contributed by atoms with van der Waals surface area (Å²) in [4.78, 5) is 22.0. The van der Waals surface area contributed by atoms with Crippen molar-refractivity contribution in [3.05, 3.63) is 0 Å². The molecular formula is C9H18N2O3. The number of hydrogen-bond acceptors (Lipinski definition) is 4. The molecule has 0 rings (SSSR count). The summed E-state index contributed by atoms with van der Waals surface area (Å²) in [7, 11) is 1.57. The van der Waals surface area contributed by atoms with E-state index < -0.39 is 23.5 Å². The molecule has 0 fully saturated rings. The molecule has 0 spiro atoms. The lowest BCUT2D eigenvalue weighted by molar-refractivity contribution is -0.156. The first-order valence-electron chi connectivity index (χ1n) is 4.44. The number of carbonyl (C=O) groups is 2. The summed E-state index contributed by atoms with van der Waals surface area (Å²) in [6, 6.07) is -0.662. The van der Waals surface area contributed by atoms with Gasteiger partial charge in [0.15, 0.2) is 0 Å². The Kier molecular flexibility index (Phi) is 4.56. The fourth-order valence-electron chi connectivity index (χ4n) is 0.895. The summed E-state index contributed by atoms with van der Waals surface area (Å²) >= 11 is 0. The van der Waals surface area contributed by atoms with Crippen molar-refractivity contribution >= 4 is 11.9 Å². The Labute approximate surface area is 84.0 Å². The van der Waals surface area contributed by atoms with Crippen LogP contribution in [0.3, 0.4) is 0 Å². The maximum Gasteiger partial charge on any atom is 0.308 e. The molecule has 0 aliphatic rings. The van der Waals surface area contributed by atoms with Gasteiger partial charge >= 0.3 is 5.97 Å². The summed E-state index contributed by atoms with van der Waals surface area (Å²) in [5.41, 5.74) is 4.52. The van der Waals surface area contributed by atoms with Gasteiger partial charge in [-0.3, -0.25) is 9.59 Å². The smallest absolute Gasteiger partial charge is 0.308 e. The lowest BCUT2D eigenvalue weighted by Crippen LogP contribution is -2.41. The molecule has 0 radical (unpaired) electrons. The van der Waals surface area contributed by atoms with E-state index >= 15 is 0 Å². The van der Waals surface area contributed by atoms with Crippen LogP contribution in [-0.4, -0.2) is 30.6 Å². The number of nitrogens with one attached hydrogen (secondary N) is 1. The number of hydrogen-bond donors (Lipinski definition) is 2. The first kappa shape index (κ1) is 12.9. The summed E-state index contributed by atoms with van der Waals surface area (Å²) < 4.78 is 5.03. The van der Waals surface area contributed by atoms with E-state index in [1.807, 2.05) is 0 Å². The number of amides is 1. The Hall–Kier alpha value is -1.10. The van der Waals surface area contributed by atoms with E-state index in [1.54, 1.807) is 27.8 Å². The van der Waals surface area contributed by atoms with E-state index in [4.69, 9.17) is 10.5 Å². The highest BCUT2D eigenvalue weighted by Gasteiger charge is 2.22. The molecule has 0 heterocycles. The van der Waals surface area contributed by atoms with Crippen molar-refractivity contribution in [3.63, 3.8) is 0 Å². The van der Waals surface area contributed by atoms with Crippen LogP contribution in [0.2, 0.25) is 0 Å². The zero-order chi connectivity index (χ0) is 11.4. The minimum Gasteiger partial charge on any atom is -0.460 e. The highest BCUT2D eigenvalue weighted by Crippen LogP contribution is 2.09. The largest absolute Gasteiger partial charge is 0.460 e. The van der Waals surface area contributed by atoms with E-state index in [0.717, 1.165) is 0 Å². The monoisotopic (exact) mass is 202 g/mol. The molecule has 0 saturated heterocycles. The van der Waals surface area contributed by atoms with E-state index in [-0.39, 0.29) is 6.42 Å². The molecule has 0 saturated carbocycles. The molecule has 1 atom stereocenters. The molecule has 3 N–H and O–H groups in total. The average Bonchev–Trinajstić information content (AvgIpc) is 1.96. The summed E-state index contributed by atoms with van der Waals surface area (Å²) in [6.45, 7) is 5.30. The van der Waals surface area contributed by atoms with Crippen molar-refractivity contribution in [1.82, 2.24) is 5.32 Å². The molecule has 0 aliphatic carbocycles. The van der Waals surface area contributed by atoms with Crippen molar-refractivity contribution in [3.8, 4) is 0 Å². The highest BCUT2D eigenvalue weighted by atomic mass is 16.6. The van der Waals surface area contributed by atoms with Crippen molar-refractivity contribution in [1.29, 1.82) is 0 Å². The topological polar surface area (TPSA) is 81.4 Å². The minimum absolute atomic E-state index is 0.0386. The maximum absolute atomic E-state index is 11.3. The predicted molar refractivity (Wildman–Crippen MR) is 52.5 cm³/mol. The first-order valence-corrected chi connectivity index (χ1v) is 4.44. The van der Waals surface area contributed by atoms with Crippen molar-refractivity contribution in [2.45, 2.75) is 38.8 Å². The number of nitrogens with two attached hydrogens (primary N) is 1. The zero-order valence-electron chi connectivity index (χ0n) is 9.09. The van der Waals surface area contributed by atoms with Crippen LogP contribution in [0.25, 0.3) is 0 Å². The third-order valence-electron chi connectivity index (χ3n) is 1.48. The Balaban J connectivity index is 4.11. The van der Waals surface area contributed by atoms with Gasteiger partial charge in [0.05, 0.1) is 12.5 Å². The third kappa shape index (κ3) is 5.53. The first-order chi connectivity index (χ1) is 6.26. The fourth-order valence-corrected chi connectivity index (χ4v) is 0.895. The maximum atomic E-state index is 11.3. The van der Waals surface area contributed by atoms with E-state index in [1.165, 1.54) is 0 Å². The molecule has 0 aromatic heterocycles. The summed E-state index contributed by atoms with van der Waals surface area (Å²) in [5.74, 6) is -0.992. The predicted octanol–water partition coefficient (Wildman–Crippen LogP) is -0.208. The summed E-state index contributed by atoms with van der Waals surface area (Å²) in [5, 5.41) is 2.64. The fraction of sp³-hybridized carbons (Fsp3) is 0.778. The van der Waals surface area contributed by atoms with Gasteiger partial charge in [-0.2, -0.15) is 0 Å². The van der Waals surface area contributed by atoms with Gasteiger partial charge in [0.1, 0.15) is 5.60 Å². The number of carbonyl (C=O) groups excluding carboxylic acids is 2. The van der Waals surface area contributed by atoms with Gasteiger partial charge in [-0.25, -0.2) is 0 Å². The van der Waals surface area contributed by atoms with Crippen LogP contribution in [0.15, 0.2) is 0 Å². The third-order valence-corrected chi connectivity index (χ3v) is 1.48. The Morgan fingerprint density at radius 1 is 1.43 bits per heavy atom. The van der Waals surface area contributed by atoms with Crippen LogP contribution >= 0.6 is 0 Å². The molecule has 0 unspecified atom stereocenters. The molecule has 14 heavy (non-hydrogen) atoms. The van der Waals surface area contributed by atoms with Crippen LogP contribution in [0.1, 0.15) is 27.2 Å². The molecule has 5 nitrogen and oxygen atoms in total. The Morgan fingerprint density at radius 2 is 1.93 bits per heavy atom. The lowest BCUT2D eigenvalue weighted by Gasteiger charge is -2.21. The van der Waals surface area contributed by atoms with E-state index in [2.05, 4.69) is 5.32 Å². The Morgan fingerprint density at radius 3 is 2.21 bits per heavy atom. The number of esters is 1. The number of likely N-dealkylation sites (N-methyl/N-ethyl adjacent to an activating group) is 1. The van der Waals surface area contributed by atoms with Crippen molar-refractivity contribution < 1.29 is 14.3 Å². The molecule has 1 amide bonds. The second-order valence-corrected chi connectivity index (χ2v) is 4.03. The SMILES string of the molecule is CN[C@H](CC(=O)OC(C)(C)C)C(N)=O. The number of primary amides is 1. The second-order valence-electron chi connectivity index (χ2n) is 4.03. The molecular weight excluding hydrogens is 184 g/mol. The molecule has 0 bridgehead atoms. The van der Waals surface area contributed by atoms with Gasteiger partial charge in [0.25, 0.3) is 0 Å². The summed E-state index contributed by atoms with van der Waals surface area (Å²) in [6.07, 6.45) is -0.0386. The zero-order valence-corrected chi connectivity index (χ0v) is 9.09. The van der Waals surface area contributed by atoms with Gasteiger partial charge in [-0.1, -0.05) is 0 Å². The van der Waals surface area contributed by atoms with Crippen molar-refractivity contribution in [2.75, 3.05) is 7.05 Å². The Bertz CT molecular complexity index is 221. The van der Waals surface area contributed by atoms with Gasteiger partial charge < -0.3 is 15.8 Å². The quantitative estimate of drug-likeness (QED) is 0.618. The molecule has 0 aromatic rings. The van der Waals surface area contributed by atoms with E-state index in [0.29, 0.717) is 0 Å². The minimum atomic E-state index is -0.662. The number of ether oxygens (including phenoxy) is 1.